The smallest absolute Gasteiger partial charge is 0.221 e. The number of amides is 2. The summed E-state index contributed by atoms with van der Waals surface area (Å²) in [6, 6.07) is 8.51. The third-order valence-electron chi connectivity index (χ3n) is 5.10. The van der Waals surface area contributed by atoms with Crippen molar-refractivity contribution in [2.75, 3.05) is 13.1 Å². The fraction of sp³-hybridized carbons (Fsp3) is 0.500. The Kier molecular flexibility index (Phi) is 5.74. The highest BCUT2D eigenvalue weighted by Gasteiger charge is 2.18. The van der Waals surface area contributed by atoms with E-state index in [2.05, 4.69) is 22.4 Å². The van der Waals surface area contributed by atoms with Gasteiger partial charge in [-0.25, -0.2) is 0 Å². The number of benzene rings is 1. The van der Waals surface area contributed by atoms with Gasteiger partial charge in [-0.1, -0.05) is 31.0 Å². The molecule has 0 atom stereocenters. The van der Waals surface area contributed by atoms with E-state index in [-0.39, 0.29) is 11.8 Å². The van der Waals surface area contributed by atoms with Crippen molar-refractivity contribution in [3.8, 4) is 0 Å². The molecule has 1 saturated carbocycles. The molecule has 3 rings (SSSR count). The molecule has 1 aromatic heterocycles. The molecule has 134 valence electrons. The number of carbonyl (C=O) groups excluding carboxylic acids is 2. The van der Waals surface area contributed by atoms with E-state index in [0.29, 0.717) is 25.6 Å². The van der Waals surface area contributed by atoms with E-state index in [1.54, 1.807) is 11.8 Å². The predicted octanol–water partition coefficient (Wildman–Crippen LogP) is 3.01. The molecular formula is C20H27N3O2. The zero-order chi connectivity index (χ0) is 17.6. The largest absolute Gasteiger partial charge is 0.361 e. The fourth-order valence-electron chi connectivity index (χ4n) is 3.63. The maximum absolute atomic E-state index is 12.1. The third kappa shape index (κ3) is 4.62. The highest BCUT2D eigenvalue weighted by Crippen LogP contribution is 2.19. The van der Waals surface area contributed by atoms with Crippen molar-refractivity contribution in [1.29, 1.82) is 0 Å². The average Bonchev–Trinajstić information content (AvgIpc) is 3.24. The predicted molar refractivity (Wildman–Crippen MR) is 99.3 cm³/mol. The molecular weight excluding hydrogens is 314 g/mol. The summed E-state index contributed by atoms with van der Waals surface area (Å²) >= 11 is 0. The zero-order valence-electron chi connectivity index (χ0n) is 14.9. The molecule has 2 aromatic rings. The van der Waals surface area contributed by atoms with Gasteiger partial charge in [0.25, 0.3) is 0 Å². The van der Waals surface area contributed by atoms with Gasteiger partial charge < -0.3 is 15.2 Å². The number of nitrogens with zero attached hydrogens (tertiary/aromatic N) is 1. The highest BCUT2D eigenvalue weighted by atomic mass is 16.2. The minimum atomic E-state index is 0.0218. The zero-order valence-corrected chi connectivity index (χ0v) is 14.9. The van der Waals surface area contributed by atoms with Crippen LogP contribution in [0, 0.1) is 0 Å². The Bertz CT molecular complexity index is 731. The minimum Gasteiger partial charge on any atom is -0.361 e. The SMILES string of the molecule is CC(=O)N(CCC(=O)NC1CCCC1)CCc1c[nH]c2ccccc12. The Morgan fingerprint density at radius 3 is 2.72 bits per heavy atom. The summed E-state index contributed by atoms with van der Waals surface area (Å²) in [7, 11) is 0. The van der Waals surface area contributed by atoms with Crippen LogP contribution in [0.5, 0.6) is 0 Å². The molecule has 1 aliphatic carbocycles. The number of hydrogen-bond acceptors (Lipinski definition) is 2. The molecule has 25 heavy (non-hydrogen) atoms. The van der Waals surface area contributed by atoms with Crippen molar-refractivity contribution in [2.45, 2.75) is 51.5 Å². The summed E-state index contributed by atoms with van der Waals surface area (Å²) in [5.41, 5.74) is 2.32. The molecule has 1 aromatic carbocycles. The molecule has 0 bridgehead atoms. The van der Waals surface area contributed by atoms with Crippen molar-refractivity contribution < 1.29 is 9.59 Å². The molecule has 5 nitrogen and oxygen atoms in total. The molecule has 0 saturated heterocycles. The van der Waals surface area contributed by atoms with Gasteiger partial charge in [0.15, 0.2) is 0 Å². The summed E-state index contributed by atoms with van der Waals surface area (Å²) in [6.07, 6.45) is 7.75. The van der Waals surface area contributed by atoms with Gasteiger partial charge in [-0.15, -0.1) is 0 Å². The maximum atomic E-state index is 12.1. The summed E-state index contributed by atoms with van der Waals surface area (Å²) in [4.78, 5) is 29.0. The highest BCUT2D eigenvalue weighted by molar-refractivity contribution is 5.83. The second-order valence-electron chi connectivity index (χ2n) is 6.91. The molecule has 1 fully saturated rings. The van der Waals surface area contributed by atoms with E-state index < -0.39 is 0 Å². The lowest BCUT2D eigenvalue weighted by atomic mass is 10.1. The number of nitrogens with one attached hydrogen (secondary N) is 2. The van der Waals surface area contributed by atoms with Crippen LogP contribution in [0.25, 0.3) is 10.9 Å². The summed E-state index contributed by atoms with van der Waals surface area (Å²) in [5.74, 6) is 0.0822. The van der Waals surface area contributed by atoms with E-state index in [0.717, 1.165) is 24.8 Å². The van der Waals surface area contributed by atoms with E-state index in [9.17, 15) is 9.59 Å². The first-order valence-electron chi connectivity index (χ1n) is 9.23. The topological polar surface area (TPSA) is 65.2 Å². The van der Waals surface area contributed by atoms with E-state index >= 15 is 0 Å². The quantitative estimate of drug-likeness (QED) is 0.813. The number of aromatic amines is 1. The van der Waals surface area contributed by atoms with Crippen LogP contribution in [0.4, 0.5) is 0 Å². The number of hydrogen-bond donors (Lipinski definition) is 2. The van der Waals surface area contributed by atoms with E-state index in [1.807, 2.05) is 18.3 Å². The molecule has 5 heteroatoms. The van der Waals surface area contributed by atoms with Gasteiger partial charge in [-0.2, -0.15) is 0 Å². The van der Waals surface area contributed by atoms with Crippen molar-refractivity contribution in [2.24, 2.45) is 0 Å². The lowest BCUT2D eigenvalue weighted by Crippen LogP contribution is -2.37. The number of fused-ring (bicyclic) bond motifs is 1. The Labute approximate surface area is 148 Å². The van der Waals surface area contributed by atoms with Gasteiger partial charge in [0.1, 0.15) is 0 Å². The lowest BCUT2D eigenvalue weighted by molar-refractivity contribution is -0.129. The molecule has 2 amide bonds. The lowest BCUT2D eigenvalue weighted by Gasteiger charge is -2.21. The Morgan fingerprint density at radius 2 is 1.96 bits per heavy atom. The Balaban J connectivity index is 1.51. The van der Waals surface area contributed by atoms with Gasteiger partial charge in [0, 0.05) is 49.6 Å². The minimum absolute atomic E-state index is 0.0218. The van der Waals surface area contributed by atoms with Gasteiger partial charge in [-0.3, -0.25) is 9.59 Å². The first-order chi connectivity index (χ1) is 12.1. The molecule has 1 heterocycles. The van der Waals surface area contributed by atoms with Crippen molar-refractivity contribution in [1.82, 2.24) is 15.2 Å². The van der Waals surface area contributed by atoms with Gasteiger partial charge in [0.05, 0.1) is 0 Å². The number of carbonyl (C=O) groups is 2. The van der Waals surface area contributed by atoms with Crippen LogP contribution >= 0.6 is 0 Å². The van der Waals surface area contributed by atoms with Crippen LogP contribution < -0.4 is 5.32 Å². The van der Waals surface area contributed by atoms with Crippen LogP contribution in [-0.2, 0) is 16.0 Å². The van der Waals surface area contributed by atoms with Gasteiger partial charge >= 0.3 is 0 Å². The van der Waals surface area contributed by atoms with Crippen LogP contribution in [0.15, 0.2) is 30.5 Å². The van der Waals surface area contributed by atoms with Crippen LogP contribution in [0.1, 0.15) is 44.6 Å². The van der Waals surface area contributed by atoms with E-state index in [1.165, 1.54) is 23.8 Å². The first kappa shape index (κ1) is 17.5. The normalized spacial score (nSPS) is 14.8. The molecule has 0 unspecified atom stereocenters. The van der Waals surface area contributed by atoms with Crippen LogP contribution in [0.3, 0.4) is 0 Å². The maximum Gasteiger partial charge on any atom is 0.221 e. The van der Waals surface area contributed by atoms with Crippen LogP contribution in [-0.4, -0.2) is 40.8 Å². The molecule has 2 N–H and O–H groups in total. The van der Waals surface area contributed by atoms with Crippen molar-refractivity contribution in [3.63, 3.8) is 0 Å². The standard InChI is InChI=1S/C20H27N3O2/c1-15(24)23(13-11-20(25)22-17-6-2-3-7-17)12-10-16-14-21-19-9-5-4-8-18(16)19/h4-5,8-9,14,17,21H,2-3,6-7,10-13H2,1H3,(H,22,25). The summed E-state index contributed by atoms with van der Waals surface area (Å²) in [5, 5.41) is 4.28. The van der Waals surface area contributed by atoms with Gasteiger partial charge in [-0.05, 0) is 30.9 Å². The van der Waals surface area contributed by atoms with Crippen molar-refractivity contribution >= 4 is 22.7 Å². The second kappa shape index (κ2) is 8.19. The average molecular weight is 341 g/mol. The van der Waals surface area contributed by atoms with Gasteiger partial charge in [0.2, 0.25) is 11.8 Å². The first-order valence-corrected chi connectivity index (χ1v) is 9.23. The summed E-state index contributed by atoms with van der Waals surface area (Å²) < 4.78 is 0. The number of H-pyrrole nitrogens is 1. The summed E-state index contributed by atoms with van der Waals surface area (Å²) in [6.45, 7) is 2.69. The Morgan fingerprint density at radius 1 is 1.20 bits per heavy atom. The molecule has 0 spiro atoms. The van der Waals surface area contributed by atoms with E-state index in [4.69, 9.17) is 0 Å². The molecule has 0 radical (unpaired) electrons. The molecule has 1 aliphatic rings. The third-order valence-corrected chi connectivity index (χ3v) is 5.10. The van der Waals surface area contributed by atoms with Crippen molar-refractivity contribution in [3.05, 3.63) is 36.0 Å². The number of rotatable bonds is 7. The fourth-order valence-corrected chi connectivity index (χ4v) is 3.63. The molecule has 0 aliphatic heterocycles. The number of aromatic nitrogens is 1. The second-order valence-corrected chi connectivity index (χ2v) is 6.91. The van der Waals surface area contributed by atoms with Crippen LogP contribution in [0.2, 0.25) is 0 Å². The monoisotopic (exact) mass is 341 g/mol. The number of para-hydroxylation sites is 1. The Hall–Kier alpha value is -2.30.